The number of carboxylic acids is 1. The van der Waals surface area contributed by atoms with Crippen molar-refractivity contribution in [1.29, 1.82) is 0 Å². The second-order valence-electron chi connectivity index (χ2n) is 6.18. The molecule has 3 nitrogen and oxygen atoms in total. The molecule has 0 radical (unpaired) electrons. The van der Waals surface area contributed by atoms with Crippen molar-refractivity contribution in [3.8, 4) is 0 Å². The third-order valence-corrected chi connectivity index (χ3v) is 3.25. The first-order valence-electron chi connectivity index (χ1n) is 6.34. The summed E-state index contributed by atoms with van der Waals surface area (Å²) in [7, 11) is 0. The van der Waals surface area contributed by atoms with Crippen molar-refractivity contribution in [2.75, 3.05) is 6.54 Å². The highest BCUT2D eigenvalue weighted by Crippen LogP contribution is 2.29. The van der Waals surface area contributed by atoms with Crippen molar-refractivity contribution >= 4 is 5.97 Å². The molecule has 2 N–H and O–H groups in total. The van der Waals surface area contributed by atoms with E-state index in [4.69, 9.17) is 5.11 Å². The maximum atomic E-state index is 10.9. The van der Waals surface area contributed by atoms with Gasteiger partial charge in [-0.05, 0) is 37.1 Å². The van der Waals surface area contributed by atoms with Gasteiger partial charge in [-0.15, -0.1) is 0 Å². The molecule has 3 heteroatoms. The first-order valence-corrected chi connectivity index (χ1v) is 6.34. The van der Waals surface area contributed by atoms with Gasteiger partial charge in [-0.1, -0.05) is 27.2 Å². The zero-order chi connectivity index (χ0) is 12.2. The molecular weight excluding hydrogens is 202 g/mol. The van der Waals surface area contributed by atoms with Crippen molar-refractivity contribution in [3.05, 3.63) is 0 Å². The van der Waals surface area contributed by atoms with Gasteiger partial charge in [0.15, 0.2) is 0 Å². The number of carbonyl (C=O) groups is 1. The van der Waals surface area contributed by atoms with E-state index in [1.165, 1.54) is 6.42 Å². The van der Waals surface area contributed by atoms with E-state index in [1.54, 1.807) is 0 Å². The number of carboxylic acid groups (broad SMARTS) is 1. The van der Waals surface area contributed by atoms with Crippen LogP contribution in [0.3, 0.4) is 0 Å². The molecule has 0 amide bonds. The van der Waals surface area contributed by atoms with Crippen LogP contribution in [-0.2, 0) is 4.79 Å². The van der Waals surface area contributed by atoms with Gasteiger partial charge in [0.1, 0.15) is 0 Å². The van der Waals surface area contributed by atoms with Crippen LogP contribution in [0.2, 0.25) is 0 Å². The maximum absolute atomic E-state index is 10.9. The highest BCUT2D eigenvalue weighted by molar-refractivity contribution is 5.67. The molecule has 0 unspecified atom stereocenters. The fraction of sp³-hybridized carbons (Fsp3) is 0.923. The van der Waals surface area contributed by atoms with Gasteiger partial charge in [0.2, 0.25) is 0 Å². The molecule has 0 bridgehead atoms. The Bertz CT molecular complexity index is 233. The van der Waals surface area contributed by atoms with E-state index in [0.29, 0.717) is 18.4 Å². The van der Waals surface area contributed by atoms with Crippen molar-refractivity contribution in [1.82, 2.24) is 5.32 Å². The molecule has 0 saturated carbocycles. The fourth-order valence-electron chi connectivity index (χ4n) is 2.55. The monoisotopic (exact) mass is 227 g/mol. The van der Waals surface area contributed by atoms with Crippen molar-refractivity contribution in [3.63, 3.8) is 0 Å². The molecule has 94 valence electrons. The topological polar surface area (TPSA) is 49.3 Å². The number of nitrogens with one attached hydrogen (secondary N) is 1. The van der Waals surface area contributed by atoms with Crippen LogP contribution in [0, 0.1) is 11.3 Å². The lowest BCUT2D eigenvalue weighted by atomic mass is 9.80. The van der Waals surface area contributed by atoms with Gasteiger partial charge in [0.25, 0.3) is 0 Å². The average Bonchev–Trinajstić information content (AvgIpc) is 2.28. The number of aliphatic carboxylic acids is 1. The van der Waals surface area contributed by atoms with Gasteiger partial charge in [-0.25, -0.2) is 0 Å². The Morgan fingerprint density at radius 2 is 2.06 bits per heavy atom. The third-order valence-electron chi connectivity index (χ3n) is 3.25. The summed E-state index contributed by atoms with van der Waals surface area (Å²) in [5, 5.41) is 12.5. The Kier molecular flexibility index (Phi) is 4.78. The molecule has 2 atom stereocenters. The number of hydrogen-bond donors (Lipinski definition) is 2. The molecule has 1 rings (SSSR count). The molecule has 1 aliphatic rings. The van der Waals surface area contributed by atoms with Gasteiger partial charge in [-0.2, -0.15) is 0 Å². The summed E-state index contributed by atoms with van der Waals surface area (Å²) >= 11 is 0. The minimum Gasteiger partial charge on any atom is -0.481 e. The minimum absolute atomic E-state index is 0.263. The molecule has 0 aliphatic carbocycles. The molecule has 0 aromatic carbocycles. The minimum atomic E-state index is -0.660. The Morgan fingerprint density at radius 1 is 1.38 bits per heavy atom. The van der Waals surface area contributed by atoms with Crippen LogP contribution in [0.25, 0.3) is 0 Å². The Hall–Kier alpha value is -0.570. The normalized spacial score (nSPS) is 27.4. The smallest absolute Gasteiger partial charge is 0.303 e. The summed E-state index contributed by atoms with van der Waals surface area (Å²) in [6.45, 7) is 7.70. The number of hydrogen-bond acceptors (Lipinski definition) is 2. The van der Waals surface area contributed by atoms with Gasteiger partial charge in [0, 0.05) is 12.5 Å². The van der Waals surface area contributed by atoms with Crippen LogP contribution in [0.4, 0.5) is 0 Å². The molecular formula is C13H25NO2. The summed E-state index contributed by atoms with van der Waals surface area (Å²) in [6, 6.07) is 0.374. The second-order valence-corrected chi connectivity index (χ2v) is 6.18. The zero-order valence-corrected chi connectivity index (χ0v) is 10.8. The van der Waals surface area contributed by atoms with Gasteiger partial charge in [0.05, 0.1) is 0 Å². The predicted molar refractivity (Wildman–Crippen MR) is 65.5 cm³/mol. The summed E-state index contributed by atoms with van der Waals surface area (Å²) < 4.78 is 0. The molecule has 1 aliphatic heterocycles. The molecule has 1 saturated heterocycles. The van der Waals surface area contributed by atoms with E-state index < -0.39 is 5.97 Å². The highest BCUT2D eigenvalue weighted by atomic mass is 16.4. The Labute approximate surface area is 98.6 Å². The molecule has 0 aromatic heterocycles. The highest BCUT2D eigenvalue weighted by Gasteiger charge is 2.28. The van der Waals surface area contributed by atoms with Gasteiger partial charge >= 0.3 is 5.97 Å². The van der Waals surface area contributed by atoms with Gasteiger partial charge < -0.3 is 10.4 Å². The largest absolute Gasteiger partial charge is 0.481 e. The zero-order valence-electron chi connectivity index (χ0n) is 10.8. The Balaban J connectivity index is 2.62. The lowest BCUT2D eigenvalue weighted by Gasteiger charge is -2.31. The maximum Gasteiger partial charge on any atom is 0.303 e. The summed E-state index contributed by atoms with van der Waals surface area (Å²) in [5.41, 5.74) is 0.263. The molecule has 1 heterocycles. The van der Waals surface area contributed by atoms with Crippen molar-refractivity contribution < 1.29 is 9.90 Å². The van der Waals surface area contributed by atoms with E-state index >= 15 is 0 Å². The fourth-order valence-corrected chi connectivity index (χ4v) is 2.55. The molecule has 16 heavy (non-hydrogen) atoms. The second kappa shape index (κ2) is 5.67. The lowest BCUT2D eigenvalue weighted by Crippen LogP contribution is -2.39. The van der Waals surface area contributed by atoms with Crippen LogP contribution < -0.4 is 5.32 Å². The van der Waals surface area contributed by atoms with Gasteiger partial charge in [-0.3, -0.25) is 4.79 Å². The molecule has 0 aromatic rings. The van der Waals surface area contributed by atoms with Crippen LogP contribution in [0.5, 0.6) is 0 Å². The van der Waals surface area contributed by atoms with Crippen molar-refractivity contribution in [2.45, 2.75) is 58.9 Å². The van der Waals surface area contributed by atoms with E-state index in [1.807, 2.05) is 0 Å². The first kappa shape index (κ1) is 13.5. The summed E-state index contributed by atoms with van der Waals surface area (Å²) in [4.78, 5) is 10.9. The van der Waals surface area contributed by atoms with Crippen LogP contribution in [-0.4, -0.2) is 23.7 Å². The summed E-state index contributed by atoms with van der Waals surface area (Å²) in [6.07, 6.45) is 4.76. The first-order chi connectivity index (χ1) is 7.38. The van der Waals surface area contributed by atoms with E-state index in [0.717, 1.165) is 25.8 Å². The summed E-state index contributed by atoms with van der Waals surface area (Å²) in [5.74, 6) is -0.355. The lowest BCUT2D eigenvalue weighted by molar-refractivity contribution is -0.138. The van der Waals surface area contributed by atoms with E-state index in [9.17, 15) is 4.79 Å². The standard InChI is InChI=1S/C13H25NO2/c1-13(2,3)9-11-10(8-12(15)16)6-4-5-7-14-11/h10-11,14H,4-9H2,1-3H3,(H,15,16)/t10-,11-/m1/s1. The van der Waals surface area contributed by atoms with E-state index in [-0.39, 0.29) is 5.41 Å². The Morgan fingerprint density at radius 3 is 2.62 bits per heavy atom. The SMILES string of the molecule is CC(C)(C)C[C@H]1NCCCC[C@@H]1CC(=O)O. The van der Waals surface area contributed by atoms with Crippen LogP contribution in [0.15, 0.2) is 0 Å². The van der Waals surface area contributed by atoms with Crippen molar-refractivity contribution in [2.24, 2.45) is 11.3 Å². The van der Waals surface area contributed by atoms with E-state index in [2.05, 4.69) is 26.1 Å². The molecule has 0 spiro atoms. The molecule has 1 fully saturated rings. The number of rotatable bonds is 3. The average molecular weight is 227 g/mol. The third kappa shape index (κ3) is 4.97. The quantitative estimate of drug-likeness (QED) is 0.779. The van der Waals surface area contributed by atoms with Crippen LogP contribution in [0.1, 0.15) is 52.9 Å². The van der Waals surface area contributed by atoms with Crippen LogP contribution >= 0.6 is 0 Å². The predicted octanol–water partition coefficient (Wildman–Crippen LogP) is 2.66.